The Morgan fingerprint density at radius 2 is 1.14 bits per heavy atom. The number of hydrogen-bond donors (Lipinski definition) is 0. The van der Waals surface area contributed by atoms with Gasteiger partial charge in [-0.05, 0) is 54.8 Å². The molecule has 0 radical (unpaired) electrons. The van der Waals surface area contributed by atoms with E-state index in [0.29, 0.717) is 10.8 Å². The van der Waals surface area contributed by atoms with Gasteiger partial charge in [0.1, 0.15) is 0 Å². The van der Waals surface area contributed by atoms with Crippen LogP contribution in [0.5, 0.6) is 11.5 Å². The molecular formula is C36H26N4OS. The molecule has 0 aliphatic carbocycles. The highest BCUT2D eigenvalue weighted by molar-refractivity contribution is 7.12. The number of ether oxygens (including phenoxy) is 1. The zero-order valence-electron chi connectivity index (χ0n) is 22.9. The lowest BCUT2D eigenvalue weighted by molar-refractivity contribution is 0.477. The Balaban J connectivity index is 1.41. The summed E-state index contributed by atoms with van der Waals surface area (Å²) in [5.41, 5.74) is 7.48. The number of nitrogens with zero attached hydrogens (tertiary/aromatic N) is 4. The van der Waals surface area contributed by atoms with Crippen molar-refractivity contribution in [2.24, 2.45) is 0 Å². The minimum absolute atomic E-state index is 0.571. The molecule has 0 saturated carbocycles. The van der Waals surface area contributed by atoms with Crippen LogP contribution in [0.2, 0.25) is 0 Å². The summed E-state index contributed by atoms with van der Waals surface area (Å²) in [7, 11) is 0. The molecule has 5 nitrogen and oxygen atoms in total. The molecule has 6 aromatic rings. The SMILES string of the molecule is Cc1cc2c(ccsc(-c3nc(-c4ccccc4)cc(-c4ccccc4)n3)n1)Oc1ccccc1N2c1ccccc1. The van der Waals surface area contributed by atoms with Crippen molar-refractivity contribution in [3.8, 4) is 44.8 Å². The van der Waals surface area contributed by atoms with E-state index in [1.165, 1.54) is 11.3 Å². The van der Waals surface area contributed by atoms with E-state index in [2.05, 4.69) is 53.4 Å². The number of anilines is 3. The summed E-state index contributed by atoms with van der Waals surface area (Å²) in [6.07, 6.45) is 0. The topological polar surface area (TPSA) is 51.1 Å². The summed E-state index contributed by atoms with van der Waals surface area (Å²) in [5, 5.41) is 2.71. The van der Waals surface area contributed by atoms with Crippen LogP contribution in [-0.4, -0.2) is 15.0 Å². The third-order valence-electron chi connectivity index (χ3n) is 6.91. The largest absolute Gasteiger partial charge is 0.453 e. The number of fused-ring (bicyclic) bond motifs is 2. The quantitative estimate of drug-likeness (QED) is 0.214. The van der Waals surface area contributed by atoms with Crippen molar-refractivity contribution in [2.45, 2.75) is 6.92 Å². The number of para-hydroxylation sites is 3. The van der Waals surface area contributed by atoms with E-state index < -0.39 is 0 Å². The van der Waals surface area contributed by atoms with Crippen LogP contribution >= 0.6 is 11.3 Å². The first-order valence-corrected chi connectivity index (χ1v) is 14.6. The summed E-state index contributed by atoms with van der Waals surface area (Å²) < 4.78 is 6.43. The van der Waals surface area contributed by atoms with Crippen LogP contribution in [0.3, 0.4) is 0 Å². The summed E-state index contributed by atoms with van der Waals surface area (Å²) in [6.45, 7) is 2.00. The average Bonchev–Trinajstić information content (AvgIpc) is 3.13. The third-order valence-corrected chi connectivity index (χ3v) is 7.68. The lowest BCUT2D eigenvalue weighted by Gasteiger charge is -2.32. The molecule has 0 atom stereocenters. The number of benzene rings is 4. The number of rotatable bonds is 4. The van der Waals surface area contributed by atoms with E-state index in [1.807, 2.05) is 97.2 Å². The molecule has 202 valence electrons. The van der Waals surface area contributed by atoms with Crippen LogP contribution in [0.25, 0.3) is 33.3 Å². The molecule has 2 aromatic heterocycles. The minimum atomic E-state index is 0.571. The fourth-order valence-electron chi connectivity index (χ4n) is 4.99. The molecule has 0 bridgehead atoms. The zero-order valence-corrected chi connectivity index (χ0v) is 23.7. The van der Waals surface area contributed by atoms with E-state index in [1.54, 1.807) is 0 Å². The molecule has 7 rings (SSSR count). The van der Waals surface area contributed by atoms with E-state index in [9.17, 15) is 0 Å². The van der Waals surface area contributed by atoms with Gasteiger partial charge in [-0.3, -0.25) is 0 Å². The van der Waals surface area contributed by atoms with Gasteiger partial charge in [0.25, 0.3) is 0 Å². The van der Waals surface area contributed by atoms with Crippen molar-refractivity contribution in [3.63, 3.8) is 0 Å². The first-order chi connectivity index (χ1) is 20.7. The molecule has 0 spiro atoms. The van der Waals surface area contributed by atoms with E-state index in [0.717, 1.165) is 56.8 Å². The van der Waals surface area contributed by atoms with Gasteiger partial charge < -0.3 is 9.64 Å². The number of aryl methyl sites for hydroxylation is 1. The maximum absolute atomic E-state index is 6.43. The monoisotopic (exact) mass is 562 g/mol. The molecular weight excluding hydrogens is 536 g/mol. The van der Waals surface area contributed by atoms with Crippen LogP contribution in [0.4, 0.5) is 17.1 Å². The van der Waals surface area contributed by atoms with Crippen molar-refractivity contribution in [2.75, 3.05) is 4.90 Å². The predicted octanol–water partition coefficient (Wildman–Crippen LogP) is 9.94. The van der Waals surface area contributed by atoms with E-state index in [4.69, 9.17) is 19.7 Å². The van der Waals surface area contributed by atoms with Gasteiger partial charge in [0.05, 0.1) is 22.8 Å². The fraction of sp³-hybridized carbons (Fsp3) is 0.0278. The first-order valence-electron chi connectivity index (χ1n) is 13.7. The third kappa shape index (κ3) is 5.11. The molecule has 42 heavy (non-hydrogen) atoms. The Bertz CT molecular complexity index is 1870. The molecule has 0 N–H and O–H groups in total. The summed E-state index contributed by atoms with van der Waals surface area (Å²) >= 11 is 1.48. The standard InChI is InChI=1S/C36H26N4OS/c1-25-23-32-34(41-33-20-12-11-19-31(33)40(32)28-17-9-4-10-18-28)21-22-42-36(37-25)35-38-29(26-13-5-2-6-14-26)24-30(39-35)27-15-7-3-8-16-27/h2-24H,1H3. The van der Waals surface area contributed by atoms with Gasteiger partial charge in [-0.25, -0.2) is 15.0 Å². The van der Waals surface area contributed by atoms with Crippen LogP contribution in [0.15, 0.2) is 139 Å². The second kappa shape index (κ2) is 11.3. The van der Waals surface area contributed by atoms with Gasteiger partial charge in [0, 0.05) is 22.5 Å². The Morgan fingerprint density at radius 1 is 0.571 bits per heavy atom. The van der Waals surface area contributed by atoms with Crippen molar-refractivity contribution in [3.05, 3.63) is 145 Å². The van der Waals surface area contributed by atoms with Crippen molar-refractivity contribution < 1.29 is 4.74 Å². The van der Waals surface area contributed by atoms with Gasteiger partial charge >= 0.3 is 0 Å². The van der Waals surface area contributed by atoms with Crippen LogP contribution in [-0.2, 0) is 0 Å². The van der Waals surface area contributed by atoms with E-state index in [-0.39, 0.29) is 0 Å². The first kappa shape index (κ1) is 25.6. The highest BCUT2D eigenvalue weighted by Crippen LogP contribution is 2.49. The van der Waals surface area contributed by atoms with Gasteiger partial charge in [0.15, 0.2) is 22.3 Å². The molecule has 0 fully saturated rings. The van der Waals surface area contributed by atoms with Crippen molar-refractivity contribution in [1.82, 2.24) is 15.0 Å². The van der Waals surface area contributed by atoms with Crippen LogP contribution in [0, 0.1) is 6.92 Å². The molecule has 1 aliphatic rings. The van der Waals surface area contributed by atoms with E-state index >= 15 is 0 Å². The van der Waals surface area contributed by atoms with Gasteiger partial charge in [-0.1, -0.05) is 91.0 Å². The average molecular weight is 563 g/mol. The Kier molecular flexibility index (Phi) is 6.88. The summed E-state index contributed by atoms with van der Waals surface area (Å²) in [4.78, 5) is 17.3. The number of aromatic nitrogens is 3. The molecule has 1 aliphatic heterocycles. The maximum atomic E-state index is 6.43. The number of hydrogen-bond acceptors (Lipinski definition) is 6. The van der Waals surface area contributed by atoms with Crippen molar-refractivity contribution in [1.29, 1.82) is 0 Å². The smallest absolute Gasteiger partial charge is 0.189 e. The second-order valence-corrected chi connectivity index (χ2v) is 10.7. The minimum Gasteiger partial charge on any atom is -0.453 e. The highest BCUT2D eigenvalue weighted by atomic mass is 32.1. The molecule has 3 heterocycles. The zero-order chi connectivity index (χ0) is 28.3. The lowest BCUT2D eigenvalue weighted by atomic mass is 10.1. The van der Waals surface area contributed by atoms with Gasteiger partial charge in [0.2, 0.25) is 0 Å². The fourth-order valence-corrected chi connectivity index (χ4v) is 5.70. The lowest BCUT2D eigenvalue weighted by Crippen LogP contribution is -2.15. The second-order valence-electron chi connectivity index (χ2n) is 9.81. The molecule has 0 unspecified atom stereocenters. The van der Waals surface area contributed by atoms with Crippen LogP contribution < -0.4 is 9.64 Å². The van der Waals surface area contributed by atoms with Gasteiger partial charge in [-0.15, -0.1) is 11.3 Å². The summed E-state index contributed by atoms with van der Waals surface area (Å²) in [5.74, 6) is 2.11. The normalized spacial score (nSPS) is 11.6. The Labute approximate surface area is 248 Å². The van der Waals surface area contributed by atoms with Crippen LogP contribution in [0.1, 0.15) is 5.69 Å². The molecule has 0 amide bonds. The van der Waals surface area contributed by atoms with Gasteiger partial charge in [-0.2, -0.15) is 0 Å². The van der Waals surface area contributed by atoms with Crippen molar-refractivity contribution >= 4 is 28.4 Å². The Morgan fingerprint density at radius 3 is 1.81 bits per heavy atom. The summed E-state index contributed by atoms with van der Waals surface area (Å²) in [6, 6.07) is 44.9. The Hall–Kier alpha value is -5.33. The predicted molar refractivity (Wildman–Crippen MR) is 171 cm³/mol. The molecule has 6 heteroatoms. The molecule has 0 saturated heterocycles. The molecule has 4 aromatic carbocycles. The maximum Gasteiger partial charge on any atom is 0.189 e. The highest BCUT2D eigenvalue weighted by Gasteiger charge is 2.25.